The predicted molar refractivity (Wildman–Crippen MR) is 73.9 cm³/mol. The molecule has 1 aromatic heterocycles. The van der Waals surface area contributed by atoms with E-state index >= 15 is 0 Å². The number of benzene rings is 1. The van der Waals surface area contributed by atoms with Crippen LogP contribution >= 0.6 is 15.9 Å². The van der Waals surface area contributed by atoms with Gasteiger partial charge < -0.3 is 9.47 Å². The topological polar surface area (TPSA) is 31.4 Å². The lowest BCUT2D eigenvalue weighted by atomic mass is 10.3. The fourth-order valence-corrected chi connectivity index (χ4v) is 1.93. The largest absolute Gasteiger partial charge is 0.494 e. The second-order valence-corrected chi connectivity index (χ2v) is 4.62. The van der Waals surface area contributed by atoms with Crippen molar-refractivity contribution in [2.45, 2.75) is 13.5 Å². The smallest absolute Gasteiger partial charge is 0.123 e. The van der Waals surface area contributed by atoms with Gasteiger partial charge in [-0.1, -0.05) is 6.07 Å². The van der Waals surface area contributed by atoms with Crippen molar-refractivity contribution in [2.75, 3.05) is 6.61 Å². The predicted octanol–water partition coefficient (Wildman–Crippen LogP) is 3.82. The first-order chi connectivity index (χ1) is 8.78. The highest BCUT2D eigenvalue weighted by atomic mass is 79.9. The monoisotopic (exact) mass is 307 g/mol. The molecule has 0 N–H and O–H groups in total. The van der Waals surface area contributed by atoms with Crippen LogP contribution in [0.15, 0.2) is 47.2 Å². The van der Waals surface area contributed by atoms with Crippen LogP contribution in [-0.2, 0) is 6.61 Å². The van der Waals surface area contributed by atoms with Gasteiger partial charge in [0.05, 0.1) is 6.61 Å². The molecule has 94 valence electrons. The number of ether oxygens (including phenoxy) is 2. The molecule has 0 aliphatic carbocycles. The Morgan fingerprint density at radius 3 is 2.61 bits per heavy atom. The van der Waals surface area contributed by atoms with Crippen LogP contribution in [0, 0.1) is 0 Å². The molecule has 0 unspecified atom stereocenters. The second kappa shape index (κ2) is 6.40. The first-order valence-electron chi connectivity index (χ1n) is 5.73. The molecule has 0 fully saturated rings. The van der Waals surface area contributed by atoms with Crippen molar-refractivity contribution in [2.24, 2.45) is 0 Å². The van der Waals surface area contributed by atoms with E-state index < -0.39 is 0 Å². The third kappa shape index (κ3) is 3.74. The summed E-state index contributed by atoms with van der Waals surface area (Å²) in [5.74, 6) is 1.61. The Hall–Kier alpha value is -1.55. The van der Waals surface area contributed by atoms with Gasteiger partial charge in [0.1, 0.15) is 18.1 Å². The van der Waals surface area contributed by atoms with Crippen LogP contribution in [0.3, 0.4) is 0 Å². The average molecular weight is 308 g/mol. The molecule has 0 aliphatic heterocycles. The van der Waals surface area contributed by atoms with E-state index in [1.165, 1.54) is 0 Å². The lowest BCUT2D eigenvalue weighted by Gasteiger charge is -2.08. The van der Waals surface area contributed by atoms with Gasteiger partial charge in [-0.15, -0.1) is 0 Å². The molecular formula is C14H14BrNO2. The normalized spacial score (nSPS) is 10.1. The minimum atomic E-state index is 0.488. The molecule has 3 nitrogen and oxygen atoms in total. The number of aromatic nitrogens is 1. The molecule has 0 spiro atoms. The summed E-state index contributed by atoms with van der Waals surface area (Å²) in [7, 11) is 0. The number of rotatable bonds is 5. The standard InChI is InChI=1S/C14H14BrNO2/c1-2-17-13-4-3-5-14(7-13)18-10-11-6-12(15)9-16-8-11/h3-9H,2,10H2,1H3. The first-order valence-corrected chi connectivity index (χ1v) is 6.52. The van der Waals surface area contributed by atoms with Gasteiger partial charge in [0.25, 0.3) is 0 Å². The van der Waals surface area contributed by atoms with E-state index in [4.69, 9.17) is 9.47 Å². The number of nitrogens with zero attached hydrogens (tertiary/aromatic N) is 1. The Morgan fingerprint density at radius 1 is 1.11 bits per heavy atom. The molecule has 2 aromatic rings. The molecule has 0 radical (unpaired) electrons. The van der Waals surface area contributed by atoms with Crippen LogP contribution in [0.5, 0.6) is 11.5 Å². The molecular weight excluding hydrogens is 294 g/mol. The highest BCUT2D eigenvalue weighted by Gasteiger charge is 1.99. The fourth-order valence-electron chi connectivity index (χ4n) is 1.52. The fraction of sp³-hybridized carbons (Fsp3) is 0.214. The Bertz CT molecular complexity index is 517. The summed E-state index contributed by atoms with van der Waals surface area (Å²) in [5, 5.41) is 0. The minimum absolute atomic E-state index is 0.488. The lowest BCUT2D eigenvalue weighted by Crippen LogP contribution is -1.97. The van der Waals surface area contributed by atoms with Gasteiger partial charge in [0, 0.05) is 28.5 Å². The van der Waals surface area contributed by atoms with Gasteiger partial charge in [0.2, 0.25) is 0 Å². The zero-order valence-electron chi connectivity index (χ0n) is 10.1. The van der Waals surface area contributed by atoms with Crippen LogP contribution in [-0.4, -0.2) is 11.6 Å². The van der Waals surface area contributed by atoms with Crippen molar-refractivity contribution < 1.29 is 9.47 Å². The number of pyridine rings is 1. The Morgan fingerprint density at radius 2 is 1.89 bits per heavy atom. The van der Waals surface area contributed by atoms with Crippen molar-refractivity contribution >= 4 is 15.9 Å². The van der Waals surface area contributed by atoms with Gasteiger partial charge in [0.15, 0.2) is 0 Å². The molecule has 18 heavy (non-hydrogen) atoms. The van der Waals surface area contributed by atoms with Gasteiger partial charge in [-0.25, -0.2) is 0 Å². The van der Waals surface area contributed by atoms with Gasteiger partial charge in [-0.05, 0) is 41.1 Å². The van der Waals surface area contributed by atoms with Crippen molar-refractivity contribution in [3.63, 3.8) is 0 Å². The zero-order valence-corrected chi connectivity index (χ0v) is 11.7. The summed E-state index contributed by atoms with van der Waals surface area (Å²) in [4.78, 5) is 4.09. The molecule has 0 saturated carbocycles. The lowest BCUT2D eigenvalue weighted by molar-refractivity contribution is 0.299. The SMILES string of the molecule is CCOc1cccc(OCc2cncc(Br)c2)c1. The molecule has 1 aromatic carbocycles. The first kappa shape index (κ1) is 12.9. The van der Waals surface area contributed by atoms with Crippen LogP contribution in [0.25, 0.3) is 0 Å². The molecule has 4 heteroatoms. The molecule has 0 saturated heterocycles. The second-order valence-electron chi connectivity index (χ2n) is 3.71. The van der Waals surface area contributed by atoms with Crippen LogP contribution in [0.2, 0.25) is 0 Å². The van der Waals surface area contributed by atoms with E-state index in [9.17, 15) is 0 Å². The van der Waals surface area contributed by atoms with Crippen LogP contribution < -0.4 is 9.47 Å². The highest BCUT2D eigenvalue weighted by molar-refractivity contribution is 9.10. The van der Waals surface area contributed by atoms with E-state index in [-0.39, 0.29) is 0 Å². The van der Waals surface area contributed by atoms with E-state index in [1.807, 2.05) is 37.3 Å². The number of hydrogen-bond acceptors (Lipinski definition) is 3. The quantitative estimate of drug-likeness (QED) is 0.841. The number of halogens is 1. The zero-order chi connectivity index (χ0) is 12.8. The molecule has 0 bridgehead atoms. The van der Waals surface area contributed by atoms with E-state index in [1.54, 1.807) is 12.4 Å². The van der Waals surface area contributed by atoms with Crippen molar-refractivity contribution in [3.8, 4) is 11.5 Å². The molecule has 0 amide bonds. The van der Waals surface area contributed by atoms with Crippen LogP contribution in [0.4, 0.5) is 0 Å². The molecule has 2 rings (SSSR count). The van der Waals surface area contributed by atoms with Crippen molar-refractivity contribution in [3.05, 3.63) is 52.8 Å². The molecule has 0 aliphatic rings. The number of hydrogen-bond donors (Lipinski definition) is 0. The molecule has 0 atom stereocenters. The average Bonchev–Trinajstić information content (AvgIpc) is 2.37. The Kier molecular flexibility index (Phi) is 4.59. The summed E-state index contributed by atoms with van der Waals surface area (Å²) >= 11 is 3.38. The van der Waals surface area contributed by atoms with E-state index in [2.05, 4.69) is 20.9 Å². The van der Waals surface area contributed by atoms with Gasteiger partial charge in [-0.2, -0.15) is 0 Å². The summed E-state index contributed by atoms with van der Waals surface area (Å²) in [6.45, 7) is 3.10. The maximum Gasteiger partial charge on any atom is 0.123 e. The maximum atomic E-state index is 5.69. The van der Waals surface area contributed by atoms with Crippen molar-refractivity contribution in [1.29, 1.82) is 0 Å². The summed E-state index contributed by atoms with van der Waals surface area (Å²) in [5.41, 5.74) is 1.02. The summed E-state index contributed by atoms with van der Waals surface area (Å²) in [6.07, 6.45) is 3.54. The Labute approximate surface area is 115 Å². The van der Waals surface area contributed by atoms with E-state index in [0.29, 0.717) is 13.2 Å². The van der Waals surface area contributed by atoms with Crippen LogP contribution in [0.1, 0.15) is 12.5 Å². The van der Waals surface area contributed by atoms with Gasteiger partial charge >= 0.3 is 0 Å². The highest BCUT2D eigenvalue weighted by Crippen LogP contribution is 2.20. The Balaban J connectivity index is 1.99. The maximum absolute atomic E-state index is 5.69. The minimum Gasteiger partial charge on any atom is -0.494 e. The van der Waals surface area contributed by atoms with Crippen molar-refractivity contribution in [1.82, 2.24) is 4.98 Å². The summed E-state index contributed by atoms with van der Waals surface area (Å²) < 4.78 is 12.1. The molecule has 1 heterocycles. The van der Waals surface area contributed by atoms with Gasteiger partial charge in [-0.3, -0.25) is 4.98 Å². The van der Waals surface area contributed by atoms with E-state index in [0.717, 1.165) is 21.5 Å². The third-order valence-electron chi connectivity index (χ3n) is 2.28. The summed E-state index contributed by atoms with van der Waals surface area (Å²) in [6, 6.07) is 9.61. The third-order valence-corrected chi connectivity index (χ3v) is 2.72.